The van der Waals surface area contributed by atoms with E-state index in [0.717, 1.165) is 12.0 Å². The Morgan fingerprint density at radius 3 is 2.38 bits per heavy atom. The van der Waals surface area contributed by atoms with E-state index in [0.29, 0.717) is 43.6 Å². The van der Waals surface area contributed by atoms with E-state index in [4.69, 9.17) is 0 Å². The molecule has 3 rings (SSSR count). The molecular formula is C25H30FN3O3. The zero-order valence-electron chi connectivity index (χ0n) is 18.6. The molecule has 0 unspecified atom stereocenters. The molecule has 1 atom stereocenters. The Bertz CT molecular complexity index is 953. The third kappa shape index (κ3) is 5.93. The van der Waals surface area contributed by atoms with Crippen molar-refractivity contribution < 1.29 is 18.8 Å². The molecule has 2 aromatic rings. The molecule has 0 radical (unpaired) electrons. The van der Waals surface area contributed by atoms with E-state index in [9.17, 15) is 18.8 Å². The minimum atomic E-state index is -0.669. The maximum Gasteiger partial charge on any atom is 0.253 e. The molecule has 0 aromatic heterocycles. The molecule has 170 valence electrons. The summed E-state index contributed by atoms with van der Waals surface area (Å²) in [6.07, 6.45) is 1.98. The molecule has 1 aliphatic rings. The highest BCUT2D eigenvalue weighted by Crippen LogP contribution is 2.23. The molecule has 32 heavy (non-hydrogen) atoms. The Morgan fingerprint density at radius 1 is 1.06 bits per heavy atom. The second-order valence-corrected chi connectivity index (χ2v) is 8.25. The van der Waals surface area contributed by atoms with Crippen molar-refractivity contribution in [1.29, 1.82) is 0 Å². The zero-order chi connectivity index (χ0) is 23.1. The van der Waals surface area contributed by atoms with Crippen molar-refractivity contribution in [2.75, 3.05) is 19.6 Å². The van der Waals surface area contributed by atoms with Gasteiger partial charge in [0, 0.05) is 30.8 Å². The molecule has 0 aliphatic carbocycles. The zero-order valence-corrected chi connectivity index (χ0v) is 18.6. The third-order valence-electron chi connectivity index (χ3n) is 5.79. The first-order valence-corrected chi connectivity index (χ1v) is 11.1. The number of nitrogens with zero attached hydrogens (tertiary/aromatic N) is 1. The Hall–Kier alpha value is -3.22. The summed E-state index contributed by atoms with van der Waals surface area (Å²) in [5, 5.41) is 5.82. The van der Waals surface area contributed by atoms with Crippen LogP contribution in [0.4, 0.5) is 4.39 Å². The van der Waals surface area contributed by atoms with Gasteiger partial charge in [0.25, 0.3) is 11.8 Å². The monoisotopic (exact) mass is 439 g/mol. The van der Waals surface area contributed by atoms with Crippen LogP contribution in [0.3, 0.4) is 0 Å². The largest absolute Gasteiger partial charge is 0.354 e. The molecule has 1 aliphatic heterocycles. The topological polar surface area (TPSA) is 78.5 Å². The van der Waals surface area contributed by atoms with Crippen molar-refractivity contribution in [2.24, 2.45) is 5.92 Å². The number of halogens is 1. The first-order valence-electron chi connectivity index (χ1n) is 11.1. The van der Waals surface area contributed by atoms with Crippen LogP contribution in [0.25, 0.3) is 0 Å². The van der Waals surface area contributed by atoms with Gasteiger partial charge in [0.15, 0.2) is 0 Å². The lowest BCUT2D eigenvalue weighted by molar-refractivity contribution is -0.124. The summed E-state index contributed by atoms with van der Waals surface area (Å²) in [5.74, 6) is -1.10. The summed E-state index contributed by atoms with van der Waals surface area (Å²) in [4.78, 5) is 40.1. The Kier molecular flexibility index (Phi) is 7.98. The fraction of sp³-hybridized carbons (Fsp3) is 0.400. The normalized spacial score (nSPS) is 15.2. The lowest BCUT2D eigenvalue weighted by Crippen LogP contribution is -2.54. The number of aryl methyl sites for hydroxylation is 1. The van der Waals surface area contributed by atoms with Crippen molar-refractivity contribution >= 4 is 17.7 Å². The SMILES string of the molecule is CCCNC(=O)[C@@H](NC(=O)c1cccc(C)c1)C1CCN(C(=O)c2ccc(F)cc2)CC1. The summed E-state index contributed by atoms with van der Waals surface area (Å²) >= 11 is 0. The summed E-state index contributed by atoms with van der Waals surface area (Å²) in [6.45, 7) is 5.37. The first kappa shape index (κ1) is 23.4. The van der Waals surface area contributed by atoms with Gasteiger partial charge < -0.3 is 15.5 Å². The first-order chi connectivity index (χ1) is 15.4. The minimum absolute atomic E-state index is 0.0853. The second-order valence-electron chi connectivity index (χ2n) is 8.25. The highest BCUT2D eigenvalue weighted by atomic mass is 19.1. The molecule has 3 amide bonds. The van der Waals surface area contributed by atoms with Crippen LogP contribution >= 0.6 is 0 Å². The minimum Gasteiger partial charge on any atom is -0.354 e. The van der Waals surface area contributed by atoms with E-state index in [-0.39, 0.29) is 29.5 Å². The van der Waals surface area contributed by atoms with Gasteiger partial charge in [0.05, 0.1) is 0 Å². The van der Waals surface area contributed by atoms with E-state index < -0.39 is 6.04 Å². The van der Waals surface area contributed by atoms with Gasteiger partial charge in [-0.2, -0.15) is 0 Å². The van der Waals surface area contributed by atoms with Crippen LogP contribution in [0, 0.1) is 18.7 Å². The van der Waals surface area contributed by atoms with E-state index >= 15 is 0 Å². The van der Waals surface area contributed by atoms with Crippen molar-refractivity contribution in [3.05, 3.63) is 71.0 Å². The fourth-order valence-corrected chi connectivity index (χ4v) is 3.98. The van der Waals surface area contributed by atoms with Crippen LogP contribution in [0.15, 0.2) is 48.5 Å². The molecule has 0 spiro atoms. The van der Waals surface area contributed by atoms with Crippen LogP contribution in [0.5, 0.6) is 0 Å². The molecule has 2 N–H and O–H groups in total. The van der Waals surface area contributed by atoms with Gasteiger partial charge in [-0.25, -0.2) is 4.39 Å². The summed E-state index contributed by atoms with van der Waals surface area (Å²) in [6, 6.07) is 12.1. The summed E-state index contributed by atoms with van der Waals surface area (Å²) in [7, 11) is 0. The van der Waals surface area contributed by atoms with E-state index in [1.54, 1.807) is 17.0 Å². The van der Waals surface area contributed by atoms with Gasteiger partial charge in [-0.3, -0.25) is 14.4 Å². The summed E-state index contributed by atoms with van der Waals surface area (Å²) in [5.41, 5.74) is 1.93. The number of carbonyl (C=O) groups excluding carboxylic acids is 3. The molecule has 0 saturated carbocycles. The Balaban J connectivity index is 1.67. The predicted octanol–water partition coefficient (Wildman–Crippen LogP) is 3.31. The lowest BCUT2D eigenvalue weighted by atomic mass is 9.88. The van der Waals surface area contributed by atoms with Crippen LogP contribution in [-0.4, -0.2) is 48.3 Å². The molecular weight excluding hydrogens is 409 g/mol. The molecule has 6 nitrogen and oxygen atoms in total. The average Bonchev–Trinajstić information content (AvgIpc) is 2.81. The van der Waals surface area contributed by atoms with E-state index in [1.165, 1.54) is 24.3 Å². The Labute approximate surface area is 188 Å². The number of benzene rings is 2. The molecule has 1 heterocycles. The highest BCUT2D eigenvalue weighted by Gasteiger charge is 2.34. The number of piperidine rings is 1. The van der Waals surface area contributed by atoms with Gasteiger partial charge in [-0.1, -0.05) is 24.6 Å². The number of hydrogen-bond acceptors (Lipinski definition) is 3. The number of likely N-dealkylation sites (tertiary alicyclic amines) is 1. The van der Waals surface area contributed by atoms with E-state index in [1.807, 2.05) is 26.0 Å². The van der Waals surface area contributed by atoms with Gasteiger partial charge >= 0.3 is 0 Å². The Morgan fingerprint density at radius 2 is 1.75 bits per heavy atom. The lowest BCUT2D eigenvalue weighted by Gasteiger charge is -2.36. The third-order valence-corrected chi connectivity index (χ3v) is 5.79. The van der Waals surface area contributed by atoms with Crippen LogP contribution in [0.1, 0.15) is 52.5 Å². The van der Waals surface area contributed by atoms with Crippen LogP contribution < -0.4 is 10.6 Å². The van der Waals surface area contributed by atoms with Crippen LogP contribution in [0.2, 0.25) is 0 Å². The van der Waals surface area contributed by atoms with Crippen LogP contribution in [-0.2, 0) is 4.79 Å². The van der Waals surface area contributed by atoms with Gasteiger partial charge in [0.1, 0.15) is 11.9 Å². The van der Waals surface area contributed by atoms with Gasteiger partial charge in [-0.15, -0.1) is 0 Å². The number of carbonyl (C=O) groups is 3. The second kappa shape index (κ2) is 10.9. The number of nitrogens with one attached hydrogen (secondary N) is 2. The number of rotatable bonds is 7. The van der Waals surface area contributed by atoms with Crippen molar-refractivity contribution in [2.45, 2.75) is 39.2 Å². The molecule has 1 fully saturated rings. The van der Waals surface area contributed by atoms with Crippen molar-refractivity contribution in [3.63, 3.8) is 0 Å². The van der Waals surface area contributed by atoms with Crippen molar-refractivity contribution in [1.82, 2.24) is 15.5 Å². The number of hydrogen-bond donors (Lipinski definition) is 2. The maximum atomic E-state index is 13.1. The quantitative estimate of drug-likeness (QED) is 0.695. The molecule has 1 saturated heterocycles. The maximum absolute atomic E-state index is 13.1. The fourth-order valence-electron chi connectivity index (χ4n) is 3.98. The summed E-state index contributed by atoms with van der Waals surface area (Å²) < 4.78 is 13.1. The van der Waals surface area contributed by atoms with Gasteiger partial charge in [-0.05, 0) is 68.5 Å². The van der Waals surface area contributed by atoms with Gasteiger partial charge in [0.2, 0.25) is 5.91 Å². The smallest absolute Gasteiger partial charge is 0.253 e. The van der Waals surface area contributed by atoms with E-state index in [2.05, 4.69) is 10.6 Å². The number of amides is 3. The average molecular weight is 440 g/mol. The molecule has 7 heteroatoms. The molecule has 0 bridgehead atoms. The predicted molar refractivity (Wildman–Crippen MR) is 121 cm³/mol. The molecule has 2 aromatic carbocycles. The van der Waals surface area contributed by atoms with Crippen molar-refractivity contribution in [3.8, 4) is 0 Å². The highest BCUT2D eigenvalue weighted by molar-refractivity contribution is 5.98. The standard InChI is InChI=1S/C25H30FN3O3/c1-3-13-27-24(31)22(28-23(30)20-6-4-5-17(2)16-20)18-11-14-29(15-12-18)25(32)19-7-9-21(26)10-8-19/h4-10,16,18,22H,3,11-15H2,1-2H3,(H,27,31)(H,28,30)/t22-/m0/s1.